The second-order valence-electron chi connectivity index (χ2n) is 5.01. The number of halogens is 1. The van der Waals surface area contributed by atoms with Crippen molar-refractivity contribution < 1.29 is 9.90 Å². The van der Waals surface area contributed by atoms with Crippen LogP contribution in [0, 0.1) is 0 Å². The van der Waals surface area contributed by atoms with Gasteiger partial charge in [-0.2, -0.15) is 0 Å². The summed E-state index contributed by atoms with van der Waals surface area (Å²) in [6, 6.07) is 3.53. The van der Waals surface area contributed by atoms with Gasteiger partial charge in [-0.15, -0.1) is 0 Å². The zero-order valence-corrected chi connectivity index (χ0v) is 12.0. The molecule has 1 aromatic rings. The molecule has 0 radical (unpaired) electrons. The molecule has 0 spiro atoms. The van der Waals surface area contributed by atoms with E-state index in [2.05, 4.69) is 20.9 Å². The molecule has 98 valence electrons. The van der Waals surface area contributed by atoms with Gasteiger partial charge in [-0.25, -0.2) is 4.98 Å². The van der Waals surface area contributed by atoms with Crippen LogP contribution in [0.4, 0.5) is 0 Å². The van der Waals surface area contributed by atoms with Crippen LogP contribution in [-0.4, -0.2) is 39.6 Å². The van der Waals surface area contributed by atoms with Gasteiger partial charge in [-0.3, -0.25) is 4.79 Å². The van der Waals surface area contributed by atoms with Gasteiger partial charge in [0.25, 0.3) is 5.91 Å². The summed E-state index contributed by atoms with van der Waals surface area (Å²) in [5.74, 6) is -0.00676. The highest BCUT2D eigenvalue weighted by atomic mass is 79.9. The van der Waals surface area contributed by atoms with Gasteiger partial charge in [0.05, 0.1) is 11.2 Å². The van der Waals surface area contributed by atoms with E-state index in [9.17, 15) is 9.90 Å². The molecule has 1 saturated heterocycles. The van der Waals surface area contributed by atoms with Crippen molar-refractivity contribution in [2.45, 2.75) is 31.8 Å². The number of carbonyl (C=O) groups excluding carboxylic acids is 1. The summed E-state index contributed by atoms with van der Waals surface area (Å²) in [7, 11) is 0. The molecule has 2 rings (SSSR count). The summed E-state index contributed by atoms with van der Waals surface area (Å²) in [6.45, 7) is 3.13. The van der Waals surface area contributed by atoms with E-state index in [1.165, 1.54) is 0 Å². The number of carbonyl (C=O) groups is 1. The predicted octanol–water partition coefficient (Wildman–Crippen LogP) is 2.22. The fourth-order valence-corrected chi connectivity index (χ4v) is 2.39. The molecule has 0 bridgehead atoms. The summed E-state index contributed by atoms with van der Waals surface area (Å²) in [5, 5.41) is 10.0. The average Bonchev–Trinajstić information content (AvgIpc) is 2.50. The number of nitrogens with zero attached hydrogens (tertiary/aromatic N) is 2. The first kappa shape index (κ1) is 13.5. The maximum Gasteiger partial charge on any atom is 0.255 e. The number of amides is 1. The Labute approximate surface area is 115 Å². The molecule has 18 heavy (non-hydrogen) atoms. The van der Waals surface area contributed by atoms with E-state index < -0.39 is 5.60 Å². The lowest BCUT2D eigenvalue weighted by Gasteiger charge is -2.22. The second kappa shape index (κ2) is 5.36. The highest BCUT2D eigenvalue weighted by molar-refractivity contribution is 9.10. The number of hydrogen-bond donors (Lipinski definition) is 1. The fourth-order valence-electron chi connectivity index (χ4n) is 2.15. The highest BCUT2D eigenvalue weighted by Gasteiger charge is 2.27. The van der Waals surface area contributed by atoms with Crippen LogP contribution in [-0.2, 0) is 0 Å². The third-order valence-electron chi connectivity index (χ3n) is 3.33. The monoisotopic (exact) mass is 312 g/mol. The molecule has 5 heteroatoms. The van der Waals surface area contributed by atoms with E-state index in [1.807, 2.05) is 6.92 Å². The Bertz CT molecular complexity index is 431. The Kier molecular flexibility index (Phi) is 4.02. The van der Waals surface area contributed by atoms with Gasteiger partial charge in [0.1, 0.15) is 4.60 Å². The van der Waals surface area contributed by atoms with Crippen LogP contribution in [0.2, 0.25) is 0 Å². The average molecular weight is 313 g/mol. The largest absolute Gasteiger partial charge is 0.390 e. The predicted molar refractivity (Wildman–Crippen MR) is 72.3 cm³/mol. The third kappa shape index (κ3) is 3.29. The van der Waals surface area contributed by atoms with Crippen LogP contribution in [0.1, 0.15) is 36.5 Å². The minimum Gasteiger partial charge on any atom is -0.390 e. The molecule has 1 aromatic heterocycles. The summed E-state index contributed by atoms with van der Waals surface area (Å²) in [4.78, 5) is 18.1. The summed E-state index contributed by atoms with van der Waals surface area (Å²) >= 11 is 3.25. The first-order chi connectivity index (χ1) is 8.48. The molecule has 1 fully saturated rings. The van der Waals surface area contributed by atoms with E-state index in [4.69, 9.17) is 0 Å². The smallest absolute Gasteiger partial charge is 0.255 e. The molecule has 2 heterocycles. The van der Waals surface area contributed by atoms with Crippen molar-refractivity contribution in [3.8, 4) is 0 Å². The Balaban J connectivity index is 2.07. The van der Waals surface area contributed by atoms with E-state index in [1.54, 1.807) is 23.2 Å². The van der Waals surface area contributed by atoms with Crippen LogP contribution >= 0.6 is 15.9 Å². The number of rotatable bonds is 1. The zero-order valence-electron chi connectivity index (χ0n) is 10.4. The zero-order chi connectivity index (χ0) is 13.2. The fraction of sp³-hybridized carbons (Fsp3) is 0.538. The van der Waals surface area contributed by atoms with Crippen molar-refractivity contribution in [1.29, 1.82) is 0 Å². The molecule has 0 saturated carbocycles. The van der Waals surface area contributed by atoms with Crippen LogP contribution in [0.3, 0.4) is 0 Å². The number of likely N-dealkylation sites (tertiary alicyclic amines) is 1. The first-order valence-electron chi connectivity index (χ1n) is 6.11. The van der Waals surface area contributed by atoms with Crippen molar-refractivity contribution in [3.05, 3.63) is 28.5 Å². The van der Waals surface area contributed by atoms with Crippen molar-refractivity contribution >= 4 is 21.8 Å². The van der Waals surface area contributed by atoms with Gasteiger partial charge < -0.3 is 10.0 Å². The van der Waals surface area contributed by atoms with Crippen LogP contribution < -0.4 is 0 Å². The number of hydrogen-bond acceptors (Lipinski definition) is 3. The van der Waals surface area contributed by atoms with Gasteiger partial charge in [-0.05, 0) is 54.2 Å². The SMILES string of the molecule is CC1(O)CCCN(C(=O)c2ccc(Br)nc2)CC1. The number of pyridine rings is 1. The molecule has 0 aromatic carbocycles. The van der Waals surface area contributed by atoms with Crippen LogP contribution in [0.25, 0.3) is 0 Å². The molecule has 1 atom stereocenters. The molecule has 1 aliphatic heterocycles. The maximum absolute atomic E-state index is 12.3. The third-order valence-corrected chi connectivity index (χ3v) is 3.79. The lowest BCUT2D eigenvalue weighted by Crippen LogP contribution is -2.33. The Morgan fingerprint density at radius 3 is 2.89 bits per heavy atom. The maximum atomic E-state index is 12.3. The number of aliphatic hydroxyl groups is 1. The molecule has 1 amide bonds. The lowest BCUT2D eigenvalue weighted by molar-refractivity contribution is 0.0438. The second-order valence-corrected chi connectivity index (χ2v) is 5.82. The first-order valence-corrected chi connectivity index (χ1v) is 6.90. The van der Waals surface area contributed by atoms with Crippen molar-refractivity contribution in [3.63, 3.8) is 0 Å². The Morgan fingerprint density at radius 2 is 2.22 bits per heavy atom. The molecular weight excluding hydrogens is 296 g/mol. The number of aromatic nitrogens is 1. The normalized spacial score (nSPS) is 24.7. The summed E-state index contributed by atoms with van der Waals surface area (Å²) in [6.07, 6.45) is 3.79. The summed E-state index contributed by atoms with van der Waals surface area (Å²) < 4.78 is 0.720. The molecule has 1 N–H and O–H groups in total. The molecule has 1 aliphatic rings. The summed E-state index contributed by atoms with van der Waals surface area (Å²) in [5.41, 5.74) is -0.0489. The van der Waals surface area contributed by atoms with Gasteiger partial charge in [-0.1, -0.05) is 0 Å². The van der Waals surface area contributed by atoms with Gasteiger partial charge in [0, 0.05) is 19.3 Å². The van der Waals surface area contributed by atoms with E-state index in [0.29, 0.717) is 25.1 Å². The molecule has 4 nitrogen and oxygen atoms in total. The van der Waals surface area contributed by atoms with Gasteiger partial charge in [0.2, 0.25) is 0 Å². The van der Waals surface area contributed by atoms with Crippen molar-refractivity contribution in [1.82, 2.24) is 9.88 Å². The van der Waals surface area contributed by atoms with Gasteiger partial charge in [0.15, 0.2) is 0 Å². The quantitative estimate of drug-likeness (QED) is 0.809. The lowest BCUT2D eigenvalue weighted by atomic mass is 9.98. The van der Waals surface area contributed by atoms with Crippen LogP contribution in [0.5, 0.6) is 0 Å². The van der Waals surface area contributed by atoms with Gasteiger partial charge >= 0.3 is 0 Å². The van der Waals surface area contributed by atoms with Crippen molar-refractivity contribution in [2.24, 2.45) is 0 Å². The minimum atomic E-state index is -0.646. The molecule has 0 aliphatic carbocycles. The van der Waals surface area contributed by atoms with Crippen molar-refractivity contribution in [2.75, 3.05) is 13.1 Å². The minimum absolute atomic E-state index is 0.00676. The molecule has 1 unspecified atom stereocenters. The Hall–Kier alpha value is -0.940. The standard InChI is InChI=1S/C13H17BrN2O2/c1-13(18)5-2-7-16(8-6-13)12(17)10-3-4-11(14)15-9-10/h3-4,9,18H,2,5-8H2,1H3. The van der Waals surface area contributed by atoms with E-state index in [0.717, 1.165) is 17.4 Å². The van der Waals surface area contributed by atoms with E-state index >= 15 is 0 Å². The highest BCUT2D eigenvalue weighted by Crippen LogP contribution is 2.22. The van der Waals surface area contributed by atoms with E-state index in [-0.39, 0.29) is 5.91 Å². The molecular formula is C13H17BrN2O2. The topological polar surface area (TPSA) is 53.4 Å². The Morgan fingerprint density at radius 1 is 1.44 bits per heavy atom. The van der Waals surface area contributed by atoms with Crippen LogP contribution in [0.15, 0.2) is 22.9 Å².